The van der Waals surface area contributed by atoms with E-state index >= 15 is 0 Å². The third-order valence-electron chi connectivity index (χ3n) is 6.41. The van der Waals surface area contributed by atoms with E-state index in [9.17, 15) is 14.8 Å². The van der Waals surface area contributed by atoms with Gasteiger partial charge in [0.25, 0.3) is 5.69 Å². The average molecular weight is 427 g/mol. The molecule has 2 aromatic rings. The van der Waals surface area contributed by atoms with Gasteiger partial charge in [-0.25, -0.2) is 0 Å². The number of aryl methyl sites for hydroxylation is 1. The fourth-order valence-electron chi connectivity index (χ4n) is 5.03. The Kier molecular flexibility index (Phi) is 4.64. The zero-order chi connectivity index (χ0) is 21.0. The monoisotopic (exact) mass is 426 g/mol. The number of carbonyl (C=O) groups excluding carboxylic acids is 1. The fourth-order valence-corrected chi connectivity index (χ4v) is 5.24. The highest BCUT2D eigenvalue weighted by Crippen LogP contribution is 2.54. The molecule has 1 aliphatic carbocycles. The molecule has 0 amide bonds. The maximum Gasteiger partial charge on any atom is 0.272 e. The number of aliphatic hydroxyl groups excluding tert-OH is 1. The largest absolute Gasteiger partial charge is 0.511 e. The highest BCUT2D eigenvalue weighted by atomic mass is 35.5. The van der Waals surface area contributed by atoms with Crippen LogP contribution in [0.2, 0.25) is 5.02 Å². The van der Waals surface area contributed by atoms with E-state index in [0.717, 1.165) is 18.4 Å². The van der Waals surface area contributed by atoms with Gasteiger partial charge in [-0.15, -0.1) is 0 Å². The molecule has 5 rings (SSSR count). The molecular weight excluding hydrogens is 406 g/mol. The predicted molar refractivity (Wildman–Crippen MR) is 111 cm³/mol. The van der Waals surface area contributed by atoms with Gasteiger partial charge in [0.2, 0.25) is 0 Å². The van der Waals surface area contributed by atoms with Gasteiger partial charge in [0, 0.05) is 22.2 Å². The second kappa shape index (κ2) is 7.22. The van der Waals surface area contributed by atoms with E-state index in [0.29, 0.717) is 29.1 Å². The van der Waals surface area contributed by atoms with E-state index in [1.807, 2.05) is 19.1 Å². The first-order chi connectivity index (χ1) is 14.5. The minimum atomic E-state index is -0.279. The number of ether oxygens (including phenoxy) is 2. The van der Waals surface area contributed by atoms with Gasteiger partial charge in [0.1, 0.15) is 22.3 Å². The van der Waals surface area contributed by atoms with Crippen molar-refractivity contribution in [2.75, 3.05) is 0 Å². The van der Waals surface area contributed by atoms with Crippen molar-refractivity contribution in [3.8, 4) is 11.5 Å². The Morgan fingerprint density at radius 2 is 1.83 bits per heavy atom. The van der Waals surface area contributed by atoms with E-state index in [1.165, 1.54) is 6.07 Å². The molecule has 2 aliphatic heterocycles. The number of aliphatic hydroxyl groups is 1. The second-order valence-corrected chi connectivity index (χ2v) is 8.39. The summed E-state index contributed by atoms with van der Waals surface area (Å²) in [6, 6.07) is 10.2. The molecule has 30 heavy (non-hydrogen) atoms. The molecule has 2 saturated heterocycles. The predicted octanol–water partition coefficient (Wildman–Crippen LogP) is 3.82. The van der Waals surface area contributed by atoms with Crippen LogP contribution in [0.1, 0.15) is 30.9 Å². The van der Waals surface area contributed by atoms with Crippen LogP contribution in [0.5, 0.6) is 11.5 Å². The molecular formula is C23H21ClNO5+. The van der Waals surface area contributed by atoms with Crippen molar-refractivity contribution >= 4 is 28.6 Å². The molecule has 0 aromatic heterocycles. The summed E-state index contributed by atoms with van der Waals surface area (Å²) in [5.74, 6) is 0.591. The number of Topliss-reactive ketones (excluding diaryl/α,β-unsaturated/α-hetero) is 1. The second-order valence-electron chi connectivity index (χ2n) is 7.98. The third-order valence-corrected chi connectivity index (χ3v) is 6.72. The number of allylic oxidation sites excluding steroid dienone is 1. The van der Waals surface area contributed by atoms with Crippen molar-refractivity contribution in [1.82, 2.24) is 0 Å². The number of nitrogens with one attached hydrogen (secondary N) is 1. The van der Waals surface area contributed by atoms with Crippen molar-refractivity contribution < 1.29 is 24.6 Å². The maximum absolute atomic E-state index is 13.2. The van der Waals surface area contributed by atoms with Gasteiger partial charge >= 0.3 is 0 Å². The molecule has 2 N–H and O–H groups in total. The number of benzene rings is 2. The lowest BCUT2D eigenvalue weighted by Gasteiger charge is -2.19. The molecule has 0 spiro atoms. The van der Waals surface area contributed by atoms with Crippen molar-refractivity contribution in [2.45, 2.75) is 38.4 Å². The highest BCUT2D eigenvalue weighted by molar-refractivity contribution is 6.32. The fraction of sp³-hybridized carbons (Fsp3) is 0.348. The van der Waals surface area contributed by atoms with Crippen LogP contribution in [0.4, 0.5) is 5.69 Å². The van der Waals surface area contributed by atoms with E-state index in [4.69, 9.17) is 21.1 Å². The lowest BCUT2D eigenvalue weighted by Crippen LogP contribution is -2.55. The minimum Gasteiger partial charge on any atom is -0.511 e. The van der Waals surface area contributed by atoms with E-state index < -0.39 is 0 Å². The molecule has 2 aromatic carbocycles. The molecule has 4 atom stereocenters. The molecule has 2 heterocycles. The first kappa shape index (κ1) is 19.3. The molecule has 2 fully saturated rings. The number of halogens is 1. The van der Waals surface area contributed by atoms with Crippen molar-refractivity contribution in [1.29, 1.82) is 0 Å². The van der Waals surface area contributed by atoms with Gasteiger partial charge in [-0.2, -0.15) is 0 Å². The van der Waals surface area contributed by atoms with Crippen molar-refractivity contribution in [3.63, 3.8) is 0 Å². The summed E-state index contributed by atoms with van der Waals surface area (Å²) in [7, 11) is 0. The number of fused-ring (bicyclic) bond motifs is 5. The SMILES string of the molecule is CCc1ccc(Oc2ccc([NH+]=O)c(Cl)c2)cc1C1=C(O)C2C3CCC(O3)C2C1=O. The molecule has 4 unspecified atom stereocenters. The van der Waals surface area contributed by atoms with Gasteiger partial charge in [-0.05, 0) is 48.6 Å². The smallest absolute Gasteiger partial charge is 0.272 e. The zero-order valence-corrected chi connectivity index (χ0v) is 17.1. The van der Waals surface area contributed by atoms with Crippen LogP contribution in [0.15, 0.2) is 42.2 Å². The third kappa shape index (κ3) is 2.86. The Labute approximate surface area is 178 Å². The average Bonchev–Trinajstić information content (AvgIpc) is 3.42. The Bertz CT molecular complexity index is 1090. The number of ketones is 1. The molecule has 0 saturated carbocycles. The number of nitroso groups, excluding NO2 is 1. The number of hydrogen-bond acceptors (Lipinski definition) is 5. The Morgan fingerprint density at radius 1 is 1.13 bits per heavy atom. The Balaban J connectivity index is 1.52. The number of rotatable bonds is 5. The summed E-state index contributed by atoms with van der Waals surface area (Å²) in [5.41, 5.74) is 2.34. The molecule has 7 heteroatoms. The minimum absolute atomic E-state index is 0.0366. The zero-order valence-electron chi connectivity index (χ0n) is 16.4. The Hall–Kier alpha value is -2.70. The van der Waals surface area contributed by atoms with Crippen LogP contribution in [0.3, 0.4) is 0 Å². The van der Waals surface area contributed by atoms with Crippen LogP contribution >= 0.6 is 11.6 Å². The van der Waals surface area contributed by atoms with E-state index in [1.54, 1.807) is 23.4 Å². The maximum atomic E-state index is 13.2. The molecule has 3 aliphatic rings. The van der Waals surface area contributed by atoms with Crippen molar-refractivity contribution in [3.05, 3.63) is 63.2 Å². The van der Waals surface area contributed by atoms with Crippen LogP contribution in [-0.4, -0.2) is 23.1 Å². The van der Waals surface area contributed by atoms with Crippen molar-refractivity contribution in [2.24, 2.45) is 11.8 Å². The van der Waals surface area contributed by atoms with Crippen LogP contribution < -0.4 is 9.91 Å². The summed E-state index contributed by atoms with van der Waals surface area (Å²) < 4.78 is 11.8. The molecule has 6 nitrogen and oxygen atoms in total. The summed E-state index contributed by atoms with van der Waals surface area (Å²) >= 11 is 6.06. The topological polar surface area (TPSA) is 86.8 Å². The van der Waals surface area contributed by atoms with E-state index in [-0.39, 0.29) is 46.3 Å². The number of hydrogen-bond donors (Lipinski definition) is 2. The van der Waals surface area contributed by atoms with Gasteiger partial charge in [0.15, 0.2) is 5.78 Å². The van der Waals surface area contributed by atoms with Gasteiger partial charge in [-0.1, -0.05) is 24.6 Å². The van der Waals surface area contributed by atoms with E-state index in [2.05, 4.69) is 0 Å². The molecule has 2 bridgehead atoms. The van der Waals surface area contributed by atoms with Gasteiger partial charge < -0.3 is 14.6 Å². The summed E-state index contributed by atoms with van der Waals surface area (Å²) in [4.78, 5) is 24.1. The summed E-state index contributed by atoms with van der Waals surface area (Å²) in [6.07, 6.45) is 2.31. The highest BCUT2D eigenvalue weighted by Gasteiger charge is 2.59. The number of carbonyl (C=O) groups is 1. The first-order valence-electron chi connectivity index (χ1n) is 10.1. The normalized spacial score (nSPS) is 26.9. The lowest BCUT2D eigenvalue weighted by atomic mass is 9.80. The Morgan fingerprint density at radius 3 is 2.50 bits per heavy atom. The summed E-state index contributed by atoms with van der Waals surface area (Å²) in [5, 5.41) is 13.0. The van der Waals surface area contributed by atoms with Gasteiger partial charge in [-0.3, -0.25) is 4.79 Å². The lowest BCUT2D eigenvalue weighted by molar-refractivity contribution is -0.379. The quantitative estimate of drug-likeness (QED) is 0.759. The van der Waals surface area contributed by atoms with Crippen LogP contribution in [0, 0.1) is 16.7 Å². The molecule has 154 valence electrons. The summed E-state index contributed by atoms with van der Waals surface area (Å²) in [6.45, 7) is 2.01. The molecule has 0 radical (unpaired) electrons. The van der Waals surface area contributed by atoms with Crippen LogP contribution in [-0.2, 0) is 16.0 Å². The first-order valence-corrected chi connectivity index (χ1v) is 10.5. The van der Waals surface area contributed by atoms with Crippen LogP contribution in [0.25, 0.3) is 5.57 Å². The van der Waals surface area contributed by atoms with Gasteiger partial charge in [0.05, 0.1) is 29.6 Å². The standard InChI is InChI=1S/C23H20ClNO5/c1-2-11-3-4-12(29-13-5-6-16(25-28)15(24)10-13)9-14(11)19-22(26)20-17-7-8-18(30-17)21(20)23(19)27/h3-6,9-10,17-18,20-21,26H,2,7-8H2,1H3/p+1.